The van der Waals surface area contributed by atoms with Gasteiger partial charge >= 0.3 is 0 Å². The molecule has 3 heteroatoms. The van der Waals surface area contributed by atoms with E-state index in [2.05, 4.69) is 23.2 Å². The van der Waals surface area contributed by atoms with Crippen LogP contribution in [0.1, 0.15) is 25.5 Å². The first-order valence-electron chi connectivity index (χ1n) is 6.36. The van der Waals surface area contributed by atoms with Gasteiger partial charge in [0, 0.05) is 32.1 Å². The summed E-state index contributed by atoms with van der Waals surface area (Å²) in [5.41, 5.74) is 0. The fourth-order valence-corrected chi connectivity index (χ4v) is 2.27. The molecule has 0 amide bonds. The third-order valence-corrected chi connectivity index (χ3v) is 3.40. The van der Waals surface area contributed by atoms with Gasteiger partial charge in [0.15, 0.2) is 0 Å². The van der Waals surface area contributed by atoms with Crippen molar-refractivity contribution in [1.82, 2.24) is 10.2 Å². The van der Waals surface area contributed by atoms with Crippen LogP contribution in [0.4, 0.5) is 0 Å². The quantitative estimate of drug-likeness (QED) is 0.843. The predicted octanol–water partition coefficient (Wildman–Crippen LogP) is 1.90. The molecule has 2 heterocycles. The Morgan fingerprint density at radius 2 is 2.44 bits per heavy atom. The lowest BCUT2D eigenvalue weighted by atomic mass is 10.1. The zero-order valence-electron chi connectivity index (χ0n) is 10.1. The number of nitrogens with zero attached hydrogens (tertiary/aromatic N) is 1. The molecule has 1 atom stereocenters. The van der Waals surface area contributed by atoms with Crippen molar-refractivity contribution in [3.63, 3.8) is 0 Å². The van der Waals surface area contributed by atoms with Crippen molar-refractivity contribution in [2.75, 3.05) is 26.2 Å². The van der Waals surface area contributed by atoms with E-state index in [1.807, 2.05) is 6.07 Å². The summed E-state index contributed by atoms with van der Waals surface area (Å²) in [6.07, 6.45) is 5.30. The molecule has 0 saturated carbocycles. The van der Waals surface area contributed by atoms with Crippen molar-refractivity contribution in [3.8, 4) is 0 Å². The molecule has 90 valence electrons. The Morgan fingerprint density at radius 3 is 3.19 bits per heavy atom. The van der Waals surface area contributed by atoms with E-state index in [1.54, 1.807) is 6.26 Å². The predicted molar refractivity (Wildman–Crippen MR) is 65.6 cm³/mol. The highest BCUT2D eigenvalue weighted by Crippen LogP contribution is 2.07. The largest absolute Gasteiger partial charge is 0.469 e. The van der Waals surface area contributed by atoms with Gasteiger partial charge in [0.05, 0.1) is 6.26 Å². The summed E-state index contributed by atoms with van der Waals surface area (Å²) in [5, 5.41) is 3.59. The van der Waals surface area contributed by atoms with Gasteiger partial charge in [-0.2, -0.15) is 0 Å². The average molecular weight is 222 g/mol. The molecular weight excluding hydrogens is 200 g/mol. The molecule has 1 aliphatic rings. The van der Waals surface area contributed by atoms with Crippen molar-refractivity contribution in [3.05, 3.63) is 24.2 Å². The van der Waals surface area contributed by atoms with Crippen LogP contribution < -0.4 is 5.32 Å². The topological polar surface area (TPSA) is 28.4 Å². The molecule has 0 spiro atoms. The van der Waals surface area contributed by atoms with Gasteiger partial charge in [-0.3, -0.25) is 0 Å². The summed E-state index contributed by atoms with van der Waals surface area (Å²) in [4.78, 5) is 2.53. The summed E-state index contributed by atoms with van der Waals surface area (Å²) in [7, 11) is 0. The highest BCUT2D eigenvalue weighted by atomic mass is 16.3. The molecule has 2 rings (SSSR count). The maximum Gasteiger partial charge on any atom is 0.105 e. The molecule has 1 saturated heterocycles. The Bertz CT molecular complexity index is 284. The molecule has 1 fully saturated rings. The molecule has 1 aromatic heterocycles. The molecule has 1 aliphatic heterocycles. The van der Waals surface area contributed by atoms with Crippen LogP contribution in [-0.2, 0) is 6.42 Å². The van der Waals surface area contributed by atoms with Crippen LogP contribution in [0.2, 0.25) is 0 Å². The lowest BCUT2D eigenvalue weighted by Crippen LogP contribution is -2.31. The molecule has 16 heavy (non-hydrogen) atoms. The Morgan fingerprint density at radius 1 is 1.50 bits per heavy atom. The third-order valence-electron chi connectivity index (χ3n) is 3.40. The molecule has 1 N–H and O–H groups in total. The normalized spacial score (nSPS) is 23.2. The van der Waals surface area contributed by atoms with Crippen LogP contribution in [0.3, 0.4) is 0 Å². The smallest absolute Gasteiger partial charge is 0.105 e. The molecule has 1 aromatic rings. The van der Waals surface area contributed by atoms with Crippen molar-refractivity contribution in [2.24, 2.45) is 0 Å². The molecule has 0 aromatic carbocycles. The first-order valence-corrected chi connectivity index (χ1v) is 6.36. The second kappa shape index (κ2) is 6.06. The first kappa shape index (κ1) is 11.7. The highest BCUT2D eigenvalue weighted by molar-refractivity contribution is 4.98. The molecule has 0 radical (unpaired) electrons. The molecule has 1 unspecified atom stereocenters. The number of hydrogen-bond acceptors (Lipinski definition) is 3. The Kier molecular flexibility index (Phi) is 4.43. The van der Waals surface area contributed by atoms with E-state index in [9.17, 15) is 0 Å². The van der Waals surface area contributed by atoms with E-state index in [0.717, 1.165) is 31.8 Å². The lowest BCUT2D eigenvalue weighted by Gasteiger charge is -2.18. The van der Waals surface area contributed by atoms with Gasteiger partial charge in [-0.1, -0.05) is 6.92 Å². The lowest BCUT2D eigenvalue weighted by molar-refractivity contribution is 0.285. The van der Waals surface area contributed by atoms with Crippen molar-refractivity contribution in [1.29, 1.82) is 0 Å². The van der Waals surface area contributed by atoms with E-state index < -0.39 is 0 Å². The van der Waals surface area contributed by atoms with Gasteiger partial charge in [-0.05, 0) is 31.5 Å². The van der Waals surface area contributed by atoms with Crippen LogP contribution >= 0.6 is 0 Å². The number of nitrogens with one attached hydrogen (secondary N) is 1. The molecular formula is C13H22N2O. The zero-order chi connectivity index (χ0) is 11.2. The van der Waals surface area contributed by atoms with Crippen molar-refractivity contribution in [2.45, 2.75) is 32.2 Å². The van der Waals surface area contributed by atoms with Crippen LogP contribution in [-0.4, -0.2) is 37.1 Å². The SMILES string of the molecule is CCC1CCN(CCc2ccco2)CCN1. The molecule has 0 bridgehead atoms. The van der Waals surface area contributed by atoms with E-state index in [1.165, 1.54) is 19.4 Å². The standard InChI is InChI=1S/C13H22N2O/c1-2-12-5-8-15(10-7-14-12)9-6-13-4-3-11-16-13/h3-4,11-12,14H,2,5-10H2,1H3. The Labute approximate surface area is 97.8 Å². The second-order valence-corrected chi connectivity index (χ2v) is 4.52. The Hall–Kier alpha value is -0.800. The fourth-order valence-electron chi connectivity index (χ4n) is 2.27. The highest BCUT2D eigenvalue weighted by Gasteiger charge is 2.14. The van der Waals surface area contributed by atoms with Gasteiger partial charge < -0.3 is 14.6 Å². The fraction of sp³-hybridized carbons (Fsp3) is 0.692. The summed E-state index contributed by atoms with van der Waals surface area (Å²) in [6, 6.07) is 4.74. The minimum atomic E-state index is 0.716. The minimum Gasteiger partial charge on any atom is -0.469 e. The van der Waals surface area contributed by atoms with E-state index in [0.29, 0.717) is 6.04 Å². The van der Waals surface area contributed by atoms with Crippen LogP contribution in [0.5, 0.6) is 0 Å². The second-order valence-electron chi connectivity index (χ2n) is 4.52. The molecule has 3 nitrogen and oxygen atoms in total. The number of hydrogen-bond donors (Lipinski definition) is 1. The van der Waals surface area contributed by atoms with Gasteiger partial charge in [0.25, 0.3) is 0 Å². The van der Waals surface area contributed by atoms with E-state index in [4.69, 9.17) is 4.42 Å². The summed E-state index contributed by atoms with van der Waals surface area (Å²) >= 11 is 0. The number of rotatable bonds is 4. The van der Waals surface area contributed by atoms with E-state index in [-0.39, 0.29) is 0 Å². The summed E-state index contributed by atoms with van der Waals surface area (Å²) in [5.74, 6) is 1.10. The zero-order valence-corrected chi connectivity index (χ0v) is 10.1. The summed E-state index contributed by atoms with van der Waals surface area (Å²) in [6.45, 7) is 6.88. The monoisotopic (exact) mass is 222 g/mol. The van der Waals surface area contributed by atoms with Crippen molar-refractivity contribution >= 4 is 0 Å². The van der Waals surface area contributed by atoms with Gasteiger partial charge in [0.2, 0.25) is 0 Å². The van der Waals surface area contributed by atoms with E-state index >= 15 is 0 Å². The molecule has 0 aliphatic carbocycles. The third kappa shape index (κ3) is 3.35. The average Bonchev–Trinajstić information content (AvgIpc) is 2.72. The maximum absolute atomic E-state index is 5.36. The first-order chi connectivity index (χ1) is 7.88. The van der Waals surface area contributed by atoms with Crippen LogP contribution in [0.15, 0.2) is 22.8 Å². The maximum atomic E-state index is 5.36. The van der Waals surface area contributed by atoms with Gasteiger partial charge in [-0.15, -0.1) is 0 Å². The minimum absolute atomic E-state index is 0.716. The van der Waals surface area contributed by atoms with Gasteiger partial charge in [0.1, 0.15) is 5.76 Å². The Balaban J connectivity index is 1.73. The van der Waals surface area contributed by atoms with Crippen molar-refractivity contribution < 1.29 is 4.42 Å². The number of furan rings is 1. The van der Waals surface area contributed by atoms with Gasteiger partial charge in [-0.25, -0.2) is 0 Å². The summed E-state index contributed by atoms with van der Waals surface area (Å²) < 4.78 is 5.36. The van der Waals surface area contributed by atoms with Crippen LogP contribution in [0, 0.1) is 0 Å². The van der Waals surface area contributed by atoms with Crippen LogP contribution in [0.25, 0.3) is 0 Å².